The summed E-state index contributed by atoms with van der Waals surface area (Å²) >= 11 is 0. The number of ether oxygens (including phenoxy) is 3. The van der Waals surface area contributed by atoms with Crippen molar-refractivity contribution in [3.63, 3.8) is 0 Å². The second-order valence-corrected chi connectivity index (χ2v) is 8.67. The van der Waals surface area contributed by atoms with Crippen molar-refractivity contribution in [2.75, 3.05) is 26.6 Å². The van der Waals surface area contributed by atoms with Gasteiger partial charge in [0.05, 0.1) is 44.3 Å². The summed E-state index contributed by atoms with van der Waals surface area (Å²) in [6.07, 6.45) is 1.76. The summed E-state index contributed by atoms with van der Waals surface area (Å²) in [5.74, 6) is 1.21. The summed E-state index contributed by atoms with van der Waals surface area (Å²) in [4.78, 5) is 14.2. The van der Waals surface area contributed by atoms with E-state index in [0.717, 1.165) is 44.9 Å². The Morgan fingerprint density at radius 1 is 0.946 bits per heavy atom. The molecule has 1 N–H and O–H groups in total. The van der Waals surface area contributed by atoms with E-state index in [1.54, 1.807) is 32.5 Å². The summed E-state index contributed by atoms with van der Waals surface area (Å²) in [6.45, 7) is 2.68. The number of aryl methyl sites for hydroxylation is 1. The fourth-order valence-corrected chi connectivity index (χ4v) is 4.46. The third-order valence-electron chi connectivity index (χ3n) is 6.27. The maximum absolute atomic E-state index is 15.2. The van der Waals surface area contributed by atoms with Crippen molar-refractivity contribution in [1.29, 1.82) is 0 Å². The lowest BCUT2D eigenvalue weighted by Gasteiger charge is -2.16. The molecule has 0 radical (unpaired) electrons. The maximum atomic E-state index is 15.2. The second kappa shape index (κ2) is 10.4. The first-order valence-electron chi connectivity index (χ1n) is 11.8. The molecule has 5 rings (SSSR count). The van der Waals surface area contributed by atoms with Crippen LogP contribution in [0.4, 0.5) is 16.0 Å². The average molecular weight is 499 g/mol. The van der Waals surface area contributed by atoms with Crippen molar-refractivity contribution in [2.24, 2.45) is 4.99 Å². The van der Waals surface area contributed by atoms with Crippen LogP contribution in [0.2, 0.25) is 0 Å². The van der Waals surface area contributed by atoms with Gasteiger partial charge in [-0.25, -0.2) is 14.4 Å². The van der Waals surface area contributed by atoms with Crippen LogP contribution >= 0.6 is 0 Å². The van der Waals surface area contributed by atoms with E-state index < -0.39 is 5.82 Å². The summed E-state index contributed by atoms with van der Waals surface area (Å²) in [7, 11) is 4.80. The molecule has 4 aromatic rings. The predicted molar refractivity (Wildman–Crippen MR) is 141 cm³/mol. The monoisotopic (exact) mass is 498 g/mol. The van der Waals surface area contributed by atoms with Crippen molar-refractivity contribution in [3.8, 4) is 22.8 Å². The van der Waals surface area contributed by atoms with E-state index in [1.807, 2.05) is 43.3 Å². The number of methoxy groups -OCH3 is 3. The van der Waals surface area contributed by atoms with E-state index in [2.05, 4.69) is 10.3 Å². The number of aromatic nitrogens is 2. The van der Waals surface area contributed by atoms with Crippen molar-refractivity contribution >= 4 is 17.3 Å². The zero-order valence-corrected chi connectivity index (χ0v) is 21.1. The van der Waals surface area contributed by atoms with Gasteiger partial charge in [-0.1, -0.05) is 24.3 Å². The molecule has 0 saturated carbocycles. The lowest BCUT2D eigenvalue weighted by molar-refractivity contribution is 0.185. The third-order valence-corrected chi connectivity index (χ3v) is 6.27. The van der Waals surface area contributed by atoms with Crippen LogP contribution < -0.4 is 14.8 Å². The fraction of sp³-hybridized carbons (Fsp3) is 0.207. The van der Waals surface area contributed by atoms with Crippen LogP contribution in [0.5, 0.6) is 11.5 Å². The largest absolute Gasteiger partial charge is 0.496 e. The van der Waals surface area contributed by atoms with Crippen molar-refractivity contribution in [1.82, 2.24) is 9.97 Å². The molecule has 0 fully saturated rings. The molecule has 8 heteroatoms. The second-order valence-electron chi connectivity index (χ2n) is 8.67. The van der Waals surface area contributed by atoms with E-state index in [4.69, 9.17) is 24.2 Å². The molecule has 3 aromatic carbocycles. The fourth-order valence-electron chi connectivity index (χ4n) is 4.46. The van der Waals surface area contributed by atoms with Gasteiger partial charge < -0.3 is 19.5 Å². The molecule has 2 heterocycles. The average Bonchev–Trinajstić information content (AvgIpc) is 3.06. The minimum atomic E-state index is -0.408. The standard InChI is InChI=1S/C29H27FN4O3/c1-17-8-10-20(13-25(17)37-4)33-29-32-15-19-14-31-28(26-23(30)6-5-7-24(26)36-3)22-12-18(16-35-2)9-11-21(22)27(19)34-29/h5-13,15H,14,16H2,1-4H3,(H,32,33,34). The number of halogens is 1. The Labute approximate surface area is 215 Å². The van der Waals surface area contributed by atoms with Gasteiger partial charge in [0.15, 0.2) is 0 Å². The number of fused-ring (bicyclic) bond motifs is 3. The Hall–Kier alpha value is -4.30. The van der Waals surface area contributed by atoms with E-state index in [1.165, 1.54) is 13.2 Å². The van der Waals surface area contributed by atoms with E-state index in [0.29, 0.717) is 29.6 Å². The quantitative estimate of drug-likeness (QED) is 0.344. The highest BCUT2D eigenvalue weighted by Crippen LogP contribution is 2.36. The number of hydrogen-bond acceptors (Lipinski definition) is 7. The molecule has 0 bridgehead atoms. The van der Waals surface area contributed by atoms with Crippen LogP contribution in [-0.4, -0.2) is 37.0 Å². The SMILES string of the molecule is COCc1ccc2c(c1)C(c1c(F)cccc1OC)=NCc1cnc(Nc3ccc(C)c(OC)c3)nc1-2. The first kappa shape index (κ1) is 24.4. The Morgan fingerprint density at radius 2 is 1.78 bits per heavy atom. The topological polar surface area (TPSA) is 77.9 Å². The van der Waals surface area contributed by atoms with Gasteiger partial charge in [-0.3, -0.25) is 4.99 Å². The summed E-state index contributed by atoms with van der Waals surface area (Å²) in [6, 6.07) is 16.5. The zero-order valence-electron chi connectivity index (χ0n) is 21.1. The smallest absolute Gasteiger partial charge is 0.227 e. The molecule has 188 valence electrons. The van der Waals surface area contributed by atoms with Gasteiger partial charge in [-0.05, 0) is 42.3 Å². The molecule has 0 amide bonds. The van der Waals surface area contributed by atoms with Crippen molar-refractivity contribution < 1.29 is 18.6 Å². The normalized spacial score (nSPS) is 12.2. The van der Waals surface area contributed by atoms with Crippen molar-refractivity contribution in [3.05, 3.63) is 94.4 Å². The summed E-state index contributed by atoms with van der Waals surface area (Å²) < 4.78 is 31.5. The highest BCUT2D eigenvalue weighted by molar-refractivity contribution is 6.18. The molecule has 0 atom stereocenters. The van der Waals surface area contributed by atoms with Crippen LogP contribution in [0, 0.1) is 12.7 Å². The molecule has 1 aromatic heterocycles. The Balaban J connectivity index is 1.64. The minimum absolute atomic E-state index is 0.287. The predicted octanol–water partition coefficient (Wildman–Crippen LogP) is 5.85. The molecule has 7 nitrogen and oxygen atoms in total. The number of hydrogen-bond donors (Lipinski definition) is 1. The van der Waals surface area contributed by atoms with Gasteiger partial charge >= 0.3 is 0 Å². The van der Waals surface area contributed by atoms with Gasteiger partial charge in [0.25, 0.3) is 0 Å². The number of rotatable bonds is 7. The first-order chi connectivity index (χ1) is 18.0. The number of nitrogens with one attached hydrogen (secondary N) is 1. The molecule has 0 unspecified atom stereocenters. The minimum Gasteiger partial charge on any atom is -0.496 e. The van der Waals surface area contributed by atoms with Gasteiger partial charge in [-0.15, -0.1) is 0 Å². The molecular formula is C29H27FN4O3. The summed E-state index contributed by atoms with van der Waals surface area (Å²) in [5, 5.41) is 3.27. The van der Waals surface area contributed by atoms with Gasteiger partial charge in [0.2, 0.25) is 5.95 Å². The molecule has 0 aliphatic carbocycles. The zero-order chi connectivity index (χ0) is 25.9. The first-order valence-corrected chi connectivity index (χ1v) is 11.8. The molecule has 0 saturated heterocycles. The molecular weight excluding hydrogens is 471 g/mol. The van der Waals surface area contributed by atoms with Crippen LogP contribution in [0.15, 0.2) is 65.8 Å². The van der Waals surface area contributed by atoms with Gasteiger partial charge in [-0.2, -0.15) is 0 Å². The number of anilines is 2. The number of aliphatic imine (C=N–C) groups is 1. The lowest BCUT2D eigenvalue weighted by atomic mass is 9.93. The van der Waals surface area contributed by atoms with Gasteiger partial charge in [0.1, 0.15) is 17.3 Å². The van der Waals surface area contributed by atoms with Crippen LogP contribution in [0.1, 0.15) is 27.8 Å². The van der Waals surface area contributed by atoms with E-state index >= 15 is 4.39 Å². The Morgan fingerprint density at radius 3 is 2.57 bits per heavy atom. The van der Waals surface area contributed by atoms with Gasteiger partial charge in [0, 0.05) is 41.8 Å². The van der Waals surface area contributed by atoms with Crippen molar-refractivity contribution in [2.45, 2.75) is 20.1 Å². The van der Waals surface area contributed by atoms with Crippen LogP contribution in [0.3, 0.4) is 0 Å². The number of nitrogens with zero attached hydrogens (tertiary/aromatic N) is 3. The molecule has 1 aliphatic heterocycles. The van der Waals surface area contributed by atoms with Crippen LogP contribution in [-0.2, 0) is 17.9 Å². The van der Waals surface area contributed by atoms with E-state index in [9.17, 15) is 0 Å². The lowest BCUT2D eigenvalue weighted by Crippen LogP contribution is -2.10. The third kappa shape index (κ3) is 4.75. The number of benzene rings is 3. The van der Waals surface area contributed by atoms with E-state index in [-0.39, 0.29) is 6.54 Å². The highest BCUT2D eigenvalue weighted by atomic mass is 19.1. The summed E-state index contributed by atoms with van der Waals surface area (Å²) in [5.41, 5.74) is 6.71. The molecule has 0 spiro atoms. The molecule has 1 aliphatic rings. The Kier molecular flexibility index (Phi) is 6.83. The highest BCUT2D eigenvalue weighted by Gasteiger charge is 2.25. The maximum Gasteiger partial charge on any atom is 0.227 e. The Bertz CT molecular complexity index is 1500. The van der Waals surface area contributed by atoms with Crippen LogP contribution in [0.25, 0.3) is 11.3 Å². The molecule has 37 heavy (non-hydrogen) atoms.